The molecule has 3 aromatic carbocycles. The second kappa shape index (κ2) is 11.9. The maximum absolute atomic E-state index is 13.0. The Labute approximate surface area is 232 Å². The van der Waals surface area contributed by atoms with Gasteiger partial charge in [0.1, 0.15) is 13.2 Å². The molecule has 11 heteroatoms. The lowest BCUT2D eigenvalue weighted by atomic mass is 10.1. The predicted octanol–water partition coefficient (Wildman–Crippen LogP) is 6.91. The minimum Gasteiger partial charge on any atom is -0.493 e. The van der Waals surface area contributed by atoms with Gasteiger partial charge in [0.25, 0.3) is 11.1 Å². The van der Waals surface area contributed by atoms with E-state index < -0.39 is 23.6 Å². The van der Waals surface area contributed by atoms with Crippen molar-refractivity contribution in [2.24, 2.45) is 0 Å². The third-order valence-electron chi connectivity index (χ3n) is 5.21. The van der Waals surface area contributed by atoms with E-state index in [0.29, 0.717) is 43.4 Å². The van der Waals surface area contributed by atoms with Crippen molar-refractivity contribution in [3.8, 4) is 11.5 Å². The van der Waals surface area contributed by atoms with Crippen molar-refractivity contribution in [1.29, 1.82) is 0 Å². The van der Waals surface area contributed by atoms with Gasteiger partial charge in [0.15, 0.2) is 11.5 Å². The molecule has 37 heavy (non-hydrogen) atoms. The molecule has 1 aliphatic rings. The first-order valence-corrected chi connectivity index (χ1v) is 12.7. The Balaban J connectivity index is 1.51. The van der Waals surface area contributed by atoms with Gasteiger partial charge < -0.3 is 14.8 Å². The minimum atomic E-state index is -0.587. The van der Waals surface area contributed by atoms with Crippen LogP contribution in [0.4, 0.5) is 10.5 Å². The standard InChI is InChI=1S/C26H19Cl3N2O5S/c1-35-21-4-2-3-15(24(21)36-14-16-5-6-18(28)12-20(16)29)11-22-25(33)31(26(34)37-22)13-23(32)30-19-9-7-17(27)8-10-19/h2-12H,13-14H2,1H3,(H,30,32)/b22-11+. The molecule has 1 heterocycles. The monoisotopic (exact) mass is 576 g/mol. The van der Waals surface area contributed by atoms with Gasteiger partial charge in [-0.1, -0.05) is 53.0 Å². The number of methoxy groups -OCH3 is 1. The number of para-hydroxylation sites is 1. The molecule has 0 spiro atoms. The fourth-order valence-electron chi connectivity index (χ4n) is 3.41. The first kappa shape index (κ1) is 26.9. The van der Waals surface area contributed by atoms with Crippen LogP contribution in [0, 0.1) is 0 Å². The minimum absolute atomic E-state index is 0.115. The van der Waals surface area contributed by atoms with E-state index in [1.54, 1.807) is 60.7 Å². The Morgan fingerprint density at radius 2 is 1.76 bits per heavy atom. The SMILES string of the molecule is COc1cccc(/C=C2/SC(=O)N(CC(=O)Nc3ccc(Cl)cc3)C2=O)c1OCc1ccc(Cl)cc1Cl. The summed E-state index contributed by atoms with van der Waals surface area (Å²) in [6.07, 6.45) is 1.53. The summed E-state index contributed by atoms with van der Waals surface area (Å²) in [5.74, 6) is -0.310. The van der Waals surface area contributed by atoms with Crippen molar-refractivity contribution in [1.82, 2.24) is 4.90 Å². The lowest BCUT2D eigenvalue weighted by Gasteiger charge is -2.15. The van der Waals surface area contributed by atoms with E-state index in [1.807, 2.05) is 0 Å². The molecule has 3 aromatic rings. The first-order valence-electron chi connectivity index (χ1n) is 10.8. The summed E-state index contributed by atoms with van der Waals surface area (Å²) in [5.41, 5.74) is 1.71. The molecule has 1 N–H and O–H groups in total. The van der Waals surface area contributed by atoms with Crippen LogP contribution in [0.15, 0.2) is 65.6 Å². The molecule has 4 rings (SSSR count). The van der Waals surface area contributed by atoms with Gasteiger partial charge in [-0.15, -0.1) is 0 Å². The quantitative estimate of drug-likeness (QED) is 0.293. The summed E-state index contributed by atoms with van der Waals surface area (Å²) in [6.45, 7) is -0.315. The molecule has 0 atom stereocenters. The molecule has 0 bridgehead atoms. The summed E-state index contributed by atoms with van der Waals surface area (Å²) in [6, 6.07) is 16.7. The number of imide groups is 1. The number of nitrogens with one attached hydrogen (secondary N) is 1. The summed E-state index contributed by atoms with van der Waals surface area (Å²) in [7, 11) is 1.49. The van der Waals surface area contributed by atoms with Gasteiger partial charge in [-0.05, 0) is 60.3 Å². The smallest absolute Gasteiger partial charge is 0.294 e. The molecular weight excluding hydrogens is 559 g/mol. The van der Waals surface area contributed by atoms with Gasteiger partial charge in [-0.2, -0.15) is 0 Å². The van der Waals surface area contributed by atoms with Crippen molar-refractivity contribution >= 4 is 75.4 Å². The zero-order valence-electron chi connectivity index (χ0n) is 19.3. The largest absolute Gasteiger partial charge is 0.493 e. The number of anilines is 1. The number of thioether (sulfide) groups is 1. The van der Waals surface area contributed by atoms with Crippen LogP contribution in [0.2, 0.25) is 15.1 Å². The number of hydrogen-bond acceptors (Lipinski definition) is 6. The molecule has 3 amide bonds. The molecule has 1 aliphatic heterocycles. The van der Waals surface area contributed by atoms with Crippen LogP contribution in [0.1, 0.15) is 11.1 Å². The van der Waals surface area contributed by atoms with Crippen LogP contribution in [-0.4, -0.2) is 35.6 Å². The average molecular weight is 578 g/mol. The number of rotatable bonds is 8. The van der Waals surface area contributed by atoms with Gasteiger partial charge in [0.05, 0.1) is 12.0 Å². The van der Waals surface area contributed by atoms with Gasteiger partial charge in [0.2, 0.25) is 5.91 Å². The Kier molecular flexibility index (Phi) is 8.66. The number of halogens is 3. The van der Waals surface area contributed by atoms with E-state index in [0.717, 1.165) is 16.7 Å². The molecule has 0 aromatic heterocycles. The zero-order valence-corrected chi connectivity index (χ0v) is 22.4. The van der Waals surface area contributed by atoms with E-state index in [-0.39, 0.29) is 11.5 Å². The second-order valence-corrected chi connectivity index (χ2v) is 10.00. The Bertz CT molecular complexity index is 1400. The lowest BCUT2D eigenvalue weighted by Crippen LogP contribution is -2.36. The highest BCUT2D eigenvalue weighted by molar-refractivity contribution is 8.18. The Morgan fingerprint density at radius 1 is 1.03 bits per heavy atom. The molecule has 1 saturated heterocycles. The number of amides is 3. The van der Waals surface area contributed by atoms with Gasteiger partial charge in [0, 0.05) is 31.9 Å². The molecule has 0 radical (unpaired) electrons. The molecule has 7 nitrogen and oxygen atoms in total. The van der Waals surface area contributed by atoms with Crippen molar-refractivity contribution in [2.45, 2.75) is 6.61 Å². The van der Waals surface area contributed by atoms with E-state index >= 15 is 0 Å². The maximum Gasteiger partial charge on any atom is 0.294 e. The molecule has 0 unspecified atom stereocenters. The number of carbonyl (C=O) groups is 3. The van der Waals surface area contributed by atoms with Crippen LogP contribution in [0.3, 0.4) is 0 Å². The number of carbonyl (C=O) groups excluding carboxylic acids is 3. The van der Waals surface area contributed by atoms with Crippen molar-refractivity contribution in [3.05, 3.63) is 91.8 Å². The van der Waals surface area contributed by atoms with E-state index in [1.165, 1.54) is 13.2 Å². The zero-order chi connectivity index (χ0) is 26.5. The van der Waals surface area contributed by atoms with Gasteiger partial charge in [-0.3, -0.25) is 19.3 Å². The summed E-state index contributed by atoms with van der Waals surface area (Å²) >= 11 is 18.8. The first-order chi connectivity index (χ1) is 17.7. The topological polar surface area (TPSA) is 84.9 Å². The van der Waals surface area contributed by atoms with Gasteiger partial charge >= 0.3 is 0 Å². The van der Waals surface area contributed by atoms with Gasteiger partial charge in [-0.25, -0.2) is 0 Å². The van der Waals surface area contributed by atoms with E-state index in [9.17, 15) is 14.4 Å². The third kappa shape index (κ3) is 6.59. The molecule has 0 aliphatic carbocycles. The summed E-state index contributed by atoms with van der Waals surface area (Å²) in [4.78, 5) is 39.0. The second-order valence-electron chi connectivity index (χ2n) is 7.73. The molecule has 1 fully saturated rings. The van der Waals surface area contributed by atoms with Crippen LogP contribution < -0.4 is 14.8 Å². The van der Waals surface area contributed by atoms with Crippen molar-refractivity contribution in [3.63, 3.8) is 0 Å². The highest BCUT2D eigenvalue weighted by Gasteiger charge is 2.36. The fraction of sp³-hybridized carbons (Fsp3) is 0.115. The van der Waals surface area contributed by atoms with Crippen LogP contribution >= 0.6 is 46.6 Å². The van der Waals surface area contributed by atoms with E-state index in [4.69, 9.17) is 44.3 Å². The van der Waals surface area contributed by atoms with E-state index in [2.05, 4.69) is 5.32 Å². The van der Waals surface area contributed by atoms with Crippen molar-refractivity contribution < 1.29 is 23.9 Å². The molecular formula is C26H19Cl3N2O5S. The van der Waals surface area contributed by atoms with Crippen LogP contribution in [-0.2, 0) is 16.2 Å². The molecule has 0 saturated carbocycles. The Hall–Kier alpha value is -3.17. The number of nitrogens with zero attached hydrogens (tertiary/aromatic N) is 1. The summed E-state index contributed by atoms with van der Waals surface area (Å²) < 4.78 is 11.5. The fourth-order valence-corrected chi connectivity index (χ4v) is 4.82. The molecule has 190 valence electrons. The van der Waals surface area contributed by atoms with Crippen LogP contribution in [0.25, 0.3) is 6.08 Å². The predicted molar refractivity (Wildman–Crippen MR) is 147 cm³/mol. The Morgan fingerprint density at radius 3 is 2.46 bits per heavy atom. The number of ether oxygens (including phenoxy) is 2. The maximum atomic E-state index is 13.0. The lowest BCUT2D eigenvalue weighted by molar-refractivity contribution is -0.127. The highest BCUT2D eigenvalue weighted by atomic mass is 35.5. The number of benzene rings is 3. The average Bonchev–Trinajstić information content (AvgIpc) is 3.12. The third-order valence-corrected chi connectivity index (χ3v) is 6.95. The summed E-state index contributed by atoms with van der Waals surface area (Å²) in [5, 5.41) is 3.55. The normalized spacial score (nSPS) is 14.3. The van der Waals surface area contributed by atoms with Crippen molar-refractivity contribution in [2.75, 3.05) is 19.0 Å². The highest BCUT2D eigenvalue weighted by Crippen LogP contribution is 2.38. The number of hydrogen-bond donors (Lipinski definition) is 1. The van der Waals surface area contributed by atoms with Crippen LogP contribution in [0.5, 0.6) is 11.5 Å².